The molecule has 4 aromatic rings. The lowest BCUT2D eigenvalue weighted by molar-refractivity contribution is -0.136. The summed E-state index contributed by atoms with van der Waals surface area (Å²) in [4.78, 5) is 33.6. The molecule has 0 unspecified atom stereocenters. The minimum Gasteiger partial charge on any atom is -0.461 e. The summed E-state index contributed by atoms with van der Waals surface area (Å²) in [6.07, 6.45) is 3.65. The second-order valence-corrected chi connectivity index (χ2v) is 8.07. The number of esters is 1. The maximum atomic E-state index is 12.0. The van der Waals surface area contributed by atoms with E-state index in [9.17, 15) is 9.59 Å². The first-order chi connectivity index (χ1) is 17.6. The molecule has 7 nitrogen and oxygen atoms in total. The second kappa shape index (κ2) is 11.3. The van der Waals surface area contributed by atoms with Crippen molar-refractivity contribution in [2.75, 3.05) is 6.61 Å². The van der Waals surface area contributed by atoms with Crippen LogP contribution in [0.25, 0.3) is 0 Å². The van der Waals surface area contributed by atoms with E-state index in [-0.39, 0.29) is 18.9 Å². The molecule has 4 rings (SSSR count). The quantitative estimate of drug-likeness (QED) is 0.107. The van der Waals surface area contributed by atoms with Crippen molar-refractivity contribution in [2.24, 2.45) is 5.16 Å². The molecule has 36 heavy (non-hydrogen) atoms. The highest BCUT2D eigenvalue weighted by Crippen LogP contribution is 2.40. The van der Waals surface area contributed by atoms with E-state index >= 15 is 0 Å². The second-order valence-electron chi connectivity index (χ2n) is 8.07. The van der Waals surface area contributed by atoms with Crippen LogP contribution in [-0.2, 0) is 31.3 Å². The first-order valence-electron chi connectivity index (χ1n) is 11.6. The zero-order valence-corrected chi connectivity index (χ0v) is 20.2. The van der Waals surface area contributed by atoms with E-state index in [2.05, 4.69) is 46.5 Å². The molecule has 0 fully saturated rings. The zero-order chi connectivity index (χ0) is 25.4. The Kier molecular flexibility index (Phi) is 7.70. The minimum absolute atomic E-state index is 0.0301. The van der Waals surface area contributed by atoms with Crippen LogP contribution in [0.15, 0.2) is 109 Å². The van der Waals surface area contributed by atoms with Crippen LogP contribution in [0.3, 0.4) is 0 Å². The molecule has 0 radical (unpaired) electrons. The first kappa shape index (κ1) is 24.6. The first-order valence-corrected chi connectivity index (χ1v) is 11.6. The van der Waals surface area contributed by atoms with E-state index in [1.54, 1.807) is 13.3 Å². The summed E-state index contributed by atoms with van der Waals surface area (Å²) >= 11 is 0. The number of ether oxygens (including phenoxy) is 1. The molecule has 7 heteroatoms. The third kappa shape index (κ3) is 4.95. The Balaban J connectivity index is 1.76. The maximum Gasteiger partial charge on any atom is 0.364 e. The minimum atomic E-state index is -0.813. The molecule has 1 aromatic heterocycles. The number of oxime groups is 1. The third-order valence-electron chi connectivity index (χ3n) is 5.77. The van der Waals surface area contributed by atoms with E-state index in [0.717, 1.165) is 16.7 Å². The number of benzene rings is 3. The van der Waals surface area contributed by atoms with Gasteiger partial charge in [-0.2, -0.15) is 0 Å². The van der Waals surface area contributed by atoms with Crippen LogP contribution < -0.4 is 0 Å². The van der Waals surface area contributed by atoms with Crippen LogP contribution in [0.1, 0.15) is 36.2 Å². The van der Waals surface area contributed by atoms with Gasteiger partial charge in [-0.1, -0.05) is 96.2 Å². The molecule has 0 saturated heterocycles. The standard InChI is InChI=1S/C29H27N3O4/c1-3-35-28(34)27(22(2)33)31-36-20-26-19-32(21-30-26)29(23-13-7-4-8-14-23,24-15-9-5-10-16-24)25-17-11-6-12-18-25/h4-19,21H,3,20H2,1-2H3. The van der Waals surface area contributed by atoms with Crippen molar-refractivity contribution in [1.82, 2.24) is 9.55 Å². The summed E-state index contributed by atoms with van der Waals surface area (Å²) < 4.78 is 6.92. The lowest BCUT2D eigenvalue weighted by atomic mass is 9.77. The predicted octanol–water partition coefficient (Wildman–Crippen LogP) is 4.75. The van der Waals surface area contributed by atoms with Gasteiger partial charge in [0.15, 0.2) is 12.4 Å². The molecule has 3 aromatic carbocycles. The zero-order valence-electron chi connectivity index (χ0n) is 20.2. The van der Waals surface area contributed by atoms with Crippen LogP contribution in [0, 0.1) is 0 Å². The largest absolute Gasteiger partial charge is 0.461 e. The Hall–Kier alpha value is -4.52. The normalized spacial score (nSPS) is 11.7. The van der Waals surface area contributed by atoms with Crippen molar-refractivity contribution in [3.63, 3.8) is 0 Å². The highest BCUT2D eigenvalue weighted by atomic mass is 16.6. The molecule has 1 heterocycles. The molecule has 0 bridgehead atoms. The lowest BCUT2D eigenvalue weighted by Crippen LogP contribution is -2.36. The van der Waals surface area contributed by atoms with Crippen LogP contribution in [-0.4, -0.2) is 33.6 Å². The molecule has 0 N–H and O–H groups in total. The Morgan fingerprint density at radius 3 is 1.81 bits per heavy atom. The van der Waals surface area contributed by atoms with Gasteiger partial charge < -0.3 is 14.1 Å². The molecular weight excluding hydrogens is 454 g/mol. The van der Waals surface area contributed by atoms with Crippen molar-refractivity contribution in [3.05, 3.63) is 126 Å². The van der Waals surface area contributed by atoms with E-state index < -0.39 is 17.3 Å². The Bertz CT molecular complexity index is 1240. The molecule has 0 aliphatic rings. The molecule has 0 amide bonds. The topological polar surface area (TPSA) is 82.8 Å². The number of Topliss-reactive ketones (excluding diaryl/α,β-unsaturated/α-hetero) is 1. The van der Waals surface area contributed by atoms with Crippen molar-refractivity contribution < 1.29 is 19.2 Å². The smallest absolute Gasteiger partial charge is 0.364 e. The van der Waals surface area contributed by atoms with Crippen LogP contribution in [0.5, 0.6) is 0 Å². The van der Waals surface area contributed by atoms with Crippen LogP contribution >= 0.6 is 0 Å². The summed E-state index contributed by atoms with van der Waals surface area (Å²) in [6.45, 7) is 3.00. The van der Waals surface area contributed by atoms with Gasteiger partial charge >= 0.3 is 5.97 Å². The van der Waals surface area contributed by atoms with Crippen LogP contribution in [0.4, 0.5) is 0 Å². The summed E-state index contributed by atoms with van der Waals surface area (Å²) in [6, 6.07) is 30.7. The SMILES string of the molecule is CCOC(=O)C(=NOCc1cn(C(c2ccccc2)(c2ccccc2)c2ccccc2)cn1)C(C)=O. The van der Waals surface area contributed by atoms with E-state index in [4.69, 9.17) is 9.57 Å². The average Bonchev–Trinajstić information content (AvgIpc) is 3.38. The highest BCUT2D eigenvalue weighted by molar-refractivity contribution is 6.63. The van der Waals surface area contributed by atoms with E-state index in [1.165, 1.54) is 6.92 Å². The number of ketones is 1. The molecule has 0 saturated carbocycles. The van der Waals surface area contributed by atoms with E-state index in [0.29, 0.717) is 5.69 Å². The van der Waals surface area contributed by atoms with Gasteiger partial charge in [-0.05, 0) is 23.6 Å². The van der Waals surface area contributed by atoms with Gasteiger partial charge in [0, 0.05) is 13.1 Å². The number of aromatic nitrogens is 2. The summed E-state index contributed by atoms with van der Waals surface area (Å²) in [5, 5.41) is 3.73. The van der Waals surface area contributed by atoms with Gasteiger partial charge in [0.25, 0.3) is 0 Å². The Morgan fingerprint density at radius 2 is 1.36 bits per heavy atom. The van der Waals surface area contributed by atoms with Gasteiger partial charge in [-0.15, -0.1) is 0 Å². The van der Waals surface area contributed by atoms with Gasteiger partial charge in [0.05, 0.1) is 18.6 Å². The number of carbonyl (C=O) groups is 2. The fraction of sp³-hybridized carbons (Fsp3) is 0.172. The van der Waals surface area contributed by atoms with Crippen LogP contribution in [0.2, 0.25) is 0 Å². The molecular formula is C29H27N3O4. The van der Waals surface area contributed by atoms with Crippen molar-refractivity contribution in [2.45, 2.75) is 26.0 Å². The molecule has 0 spiro atoms. The Morgan fingerprint density at radius 1 is 0.861 bits per heavy atom. The van der Waals surface area contributed by atoms with Gasteiger partial charge in [-0.25, -0.2) is 9.78 Å². The number of rotatable bonds is 10. The van der Waals surface area contributed by atoms with Crippen molar-refractivity contribution in [3.8, 4) is 0 Å². The number of hydrogen-bond donors (Lipinski definition) is 0. The fourth-order valence-corrected chi connectivity index (χ4v) is 4.21. The average molecular weight is 482 g/mol. The number of carbonyl (C=O) groups excluding carboxylic acids is 2. The molecule has 0 aliphatic carbocycles. The molecule has 0 atom stereocenters. The predicted molar refractivity (Wildman–Crippen MR) is 136 cm³/mol. The maximum absolute atomic E-state index is 12.0. The Labute approximate surface area is 210 Å². The van der Waals surface area contributed by atoms with Crippen molar-refractivity contribution >= 4 is 17.5 Å². The number of hydrogen-bond acceptors (Lipinski definition) is 6. The lowest BCUT2D eigenvalue weighted by Gasteiger charge is -2.37. The monoisotopic (exact) mass is 481 g/mol. The summed E-state index contributed by atoms with van der Waals surface area (Å²) in [7, 11) is 0. The van der Waals surface area contributed by atoms with Gasteiger partial charge in [0.2, 0.25) is 5.71 Å². The summed E-state index contributed by atoms with van der Waals surface area (Å²) in [5.74, 6) is -1.35. The fourth-order valence-electron chi connectivity index (χ4n) is 4.21. The van der Waals surface area contributed by atoms with Crippen molar-refractivity contribution in [1.29, 1.82) is 0 Å². The van der Waals surface area contributed by atoms with Gasteiger partial charge in [-0.3, -0.25) is 4.79 Å². The molecule has 182 valence electrons. The highest BCUT2D eigenvalue weighted by Gasteiger charge is 2.38. The van der Waals surface area contributed by atoms with Gasteiger partial charge in [0.1, 0.15) is 5.54 Å². The summed E-state index contributed by atoms with van der Waals surface area (Å²) in [5.41, 5.74) is 2.68. The van der Waals surface area contributed by atoms with E-state index in [1.807, 2.05) is 65.4 Å². The number of imidazole rings is 1. The number of nitrogens with zero attached hydrogens (tertiary/aromatic N) is 3. The molecule has 0 aliphatic heterocycles. The third-order valence-corrected chi connectivity index (χ3v) is 5.77.